The highest BCUT2D eigenvalue weighted by molar-refractivity contribution is 5.81. The SMILES string of the molecule is CCCNC(=O)CN(C)c1ccc(CNCC)cc1F. The first-order valence-corrected chi connectivity index (χ1v) is 7.05. The molecule has 20 heavy (non-hydrogen) atoms. The molecule has 2 N–H and O–H groups in total. The lowest BCUT2D eigenvalue weighted by molar-refractivity contribution is -0.119. The third-order valence-corrected chi connectivity index (χ3v) is 2.96. The fraction of sp³-hybridized carbons (Fsp3) is 0.533. The maximum atomic E-state index is 14.0. The summed E-state index contributed by atoms with van der Waals surface area (Å²) in [6.07, 6.45) is 0.892. The second-order valence-corrected chi connectivity index (χ2v) is 4.77. The summed E-state index contributed by atoms with van der Waals surface area (Å²) in [5.74, 6) is -0.392. The van der Waals surface area contributed by atoms with E-state index in [0.29, 0.717) is 18.8 Å². The maximum absolute atomic E-state index is 14.0. The van der Waals surface area contributed by atoms with Crippen molar-refractivity contribution in [3.8, 4) is 0 Å². The van der Waals surface area contributed by atoms with Crippen LogP contribution in [-0.4, -0.2) is 32.6 Å². The summed E-state index contributed by atoms with van der Waals surface area (Å²) in [5, 5.41) is 5.93. The summed E-state index contributed by atoms with van der Waals surface area (Å²) in [5.41, 5.74) is 1.34. The highest BCUT2D eigenvalue weighted by Crippen LogP contribution is 2.19. The van der Waals surface area contributed by atoms with Crippen molar-refractivity contribution in [2.75, 3.05) is 31.6 Å². The van der Waals surface area contributed by atoms with E-state index in [1.807, 2.05) is 19.9 Å². The van der Waals surface area contributed by atoms with Crippen LogP contribution in [0.2, 0.25) is 0 Å². The molecule has 1 aromatic rings. The van der Waals surface area contributed by atoms with Crippen molar-refractivity contribution < 1.29 is 9.18 Å². The molecule has 1 rings (SSSR count). The van der Waals surface area contributed by atoms with Crippen LogP contribution in [0.15, 0.2) is 18.2 Å². The predicted octanol–water partition coefficient (Wildman–Crippen LogP) is 1.90. The summed E-state index contributed by atoms with van der Waals surface area (Å²) in [7, 11) is 1.72. The number of nitrogens with zero attached hydrogens (tertiary/aromatic N) is 1. The van der Waals surface area contributed by atoms with E-state index in [1.165, 1.54) is 6.07 Å². The Labute approximate surface area is 120 Å². The van der Waals surface area contributed by atoms with E-state index in [1.54, 1.807) is 18.0 Å². The Morgan fingerprint density at radius 3 is 2.70 bits per heavy atom. The number of carbonyl (C=O) groups is 1. The van der Waals surface area contributed by atoms with E-state index < -0.39 is 0 Å². The van der Waals surface area contributed by atoms with Crippen LogP contribution in [0, 0.1) is 5.82 Å². The maximum Gasteiger partial charge on any atom is 0.239 e. The van der Waals surface area contributed by atoms with Gasteiger partial charge < -0.3 is 15.5 Å². The third kappa shape index (κ3) is 5.17. The van der Waals surface area contributed by atoms with Gasteiger partial charge in [-0.15, -0.1) is 0 Å². The summed E-state index contributed by atoms with van der Waals surface area (Å²) >= 11 is 0. The quantitative estimate of drug-likeness (QED) is 0.765. The molecule has 0 atom stereocenters. The fourth-order valence-electron chi connectivity index (χ4n) is 1.86. The van der Waals surface area contributed by atoms with E-state index in [2.05, 4.69) is 10.6 Å². The summed E-state index contributed by atoms with van der Waals surface area (Å²) in [4.78, 5) is 13.2. The van der Waals surface area contributed by atoms with Crippen LogP contribution >= 0.6 is 0 Å². The van der Waals surface area contributed by atoms with E-state index in [9.17, 15) is 9.18 Å². The van der Waals surface area contributed by atoms with Gasteiger partial charge in [0.15, 0.2) is 0 Å². The average molecular weight is 281 g/mol. The van der Waals surface area contributed by atoms with Crippen LogP contribution in [0.1, 0.15) is 25.8 Å². The minimum Gasteiger partial charge on any atom is -0.363 e. The lowest BCUT2D eigenvalue weighted by Crippen LogP contribution is -2.35. The van der Waals surface area contributed by atoms with Gasteiger partial charge in [0.05, 0.1) is 12.2 Å². The first-order valence-electron chi connectivity index (χ1n) is 7.05. The third-order valence-electron chi connectivity index (χ3n) is 2.96. The van der Waals surface area contributed by atoms with Crippen molar-refractivity contribution in [3.05, 3.63) is 29.6 Å². The standard InChI is InChI=1S/C15H24FN3O/c1-4-8-18-15(20)11-19(3)14-7-6-12(9-13(14)16)10-17-5-2/h6-7,9,17H,4-5,8,10-11H2,1-3H3,(H,18,20). The number of likely N-dealkylation sites (N-methyl/N-ethyl adjacent to an activating group) is 1. The van der Waals surface area contributed by atoms with Crippen molar-refractivity contribution in [3.63, 3.8) is 0 Å². The van der Waals surface area contributed by atoms with Crippen LogP contribution in [0.25, 0.3) is 0 Å². The molecule has 0 aliphatic carbocycles. The van der Waals surface area contributed by atoms with Crippen LogP contribution in [0.3, 0.4) is 0 Å². The molecular weight excluding hydrogens is 257 g/mol. The lowest BCUT2D eigenvalue weighted by Gasteiger charge is -2.20. The Hall–Kier alpha value is -1.62. The van der Waals surface area contributed by atoms with Crippen molar-refractivity contribution in [1.29, 1.82) is 0 Å². The molecule has 0 aromatic heterocycles. The Bertz CT molecular complexity index is 437. The molecule has 0 spiro atoms. The molecule has 0 aliphatic heterocycles. The number of rotatable bonds is 8. The molecule has 0 bridgehead atoms. The Balaban J connectivity index is 2.63. The van der Waals surface area contributed by atoms with Gasteiger partial charge in [0, 0.05) is 20.1 Å². The summed E-state index contributed by atoms with van der Waals surface area (Å²) in [6.45, 7) is 6.30. The number of halogens is 1. The number of benzene rings is 1. The fourth-order valence-corrected chi connectivity index (χ4v) is 1.86. The van der Waals surface area contributed by atoms with Gasteiger partial charge >= 0.3 is 0 Å². The van der Waals surface area contributed by atoms with E-state index in [-0.39, 0.29) is 18.3 Å². The monoisotopic (exact) mass is 281 g/mol. The van der Waals surface area contributed by atoms with Gasteiger partial charge in [-0.1, -0.05) is 19.9 Å². The number of carbonyl (C=O) groups excluding carboxylic acids is 1. The van der Waals surface area contributed by atoms with Gasteiger partial charge in [-0.25, -0.2) is 4.39 Å². The number of nitrogens with one attached hydrogen (secondary N) is 2. The molecule has 112 valence electrons. The van der Waals surface area contributed by atoms with Gasteiger partial charge in [-0.05, 0) is 30.7 Å². The number of hydrogen-bond acceptors (Lipinski definition) is 3. The van der Waals surface area contributed by atoms with Crippen LogP contribution in [0.4, 0.5) is 10.1 Å². The second-order valence-electron chi connectivity index (χ2n) is 4.77. The summed E-state index contributed by atoms with van der Waals surface area (Å²) < 4.78 is 14.0. The molecule has 0 aliphatic rings. The highest BCUT2D eigenvalue weighted by Gasteiger charge is 2.11. The minimum atomic E-state index is -0.300. The highest BCUT2D eigenvalue weighted by atomic mass is 19.1. The van der Waals surface area contributed by atoms with E-state index in [0.717, 1.165) is 18.5 Å². The molecule has 1 aromatic carbocycles. The predicted molar refractivity (Wildman–Crippen MR) is 80.4 cm³/mol. The van der Waals surface area contributed by atoms with Crippen molar-refractivity contribution in [2.24, 2.45) is 0 Å². The lowest BCUT2D eigenvalue weighted by atomic mass is 10.2. The Morgan fingerprint density at radius 1 is 1.35 bits per heavy atom. The van der Waals surface area contributed by atoms with Gasteiger partial charge in [0.2, 0.25) is 5.91 Å². The van der Waals surface area contributed by atoms with Crippen LogP contribution in [0.5, 0.6) is 0 Å². The van der Waals surface area contributed by atoms with Crippen LogP contribution < -0.4 is 15.5 Å². The smallest absolute Gasteiger partial charge is 0.239 e. The van der Waals surface area contributed by atoms with E-state index >= 15 is 0 Å². The summed E-state index contributed by atoms with van der Waals surface area (Å²) in [6, 6.07) is 5.11. The molecule has 0 unspecified atom stereocenters. The van der Waals surface area contributed by atoms with Crippen LogP contribution in [-0.2, 0) is 11.3 Å². The first kappa shape index (κ1) is 16.4. The zero-order valence-corrected chi connectivity index (χ0v) is 12.5. The van der Waals surface area contributed by atoms with Crippen molar-refractivity contribution in [1.82, 2.24) is 10.6 Å². The topological polar surface area (TPSA) is 44.4 Å². The van der Waals surface area contributed by atoms with Crippen molar-refractivity contribution >= 4 is 11.6 Å². The molecule has 4 nitrogen and oxygen atoms in total. The van der Waals surface area contributed by atoms with Gasteiger partial charge in [-0.2, -0.15) is 0 Å². The zero-order chi connectivity index (χ0) is 15.0. The largest absolute Gasteiger partial charge is 0.363 e. The average Bonchev–Trinajstić information content (AvgIpc) is 2.42. The molecule has 0 heterocycles. The Morgan fingerprint density at radius 2 is 2.10 bits per heavy atom. The molecule has 5 heteroatoms. The molecule has 0 radical (unpaired) electrons. The number of hydrogen-bond donors (Lipinski definition) is 2. The van der Waals surface area contributed by atoms with Gasteiger partial charge in [0.1, 0.15) is 5.82 Å². The Kier molecular flexibility index (Phi) is 7.01. The minimum absolute atomic E-state index is 0.0922. The normalized spacial score (nSPS) is 10.4. The molecule has 0 saturated carbocycles. The molecular formula is C15H24FN3O. The molecule has 0 saturated heterocycles. The first-order chi connectivity index (χ1) is 9.58. The van der Waals surface area contributed by atoms with Gasteiger partial charge in [0.25, 0.3) is 0 Å². The number of amides is 1. The second kappa shape index (κ2) is 8.53. The van der Waals surface area contributed by atoms with E-state index in [4.69, 9.17) is 0 Å². The van der Waals surface area contributed by atoms with Gasteiger partial charge in [-0.3, -0.25) is 4.79 Å². The zero-order valence-electron chi connectivity index (χ0n) is 12.5. The number of anilines is 1. The molecule has 0 fully saturated rings. The van der Waals surface area contributed by atoms with Crippen molar-refractivity contribution in [2.45, 2.75) is 26.8 Å². The molecule has 1 amide bonds.